The van der Waals surface area contributed by atoms with Gasteiger partial charge >= 0.3 is 0 Å². The Hall–Kier alpha value is -4.56. The summed E-state index contributed by atoms with van der Waals surface area (Å²) in [4.78, 5) is 0. The molecule has 0 aromatic heterocycles. The molecular weight excluding hydrogens is 717 g/mol. The van der Waals surface area contributed by atoms with Crippen molar-refractivity contribution in [3.05, 3.63) is 120 Å². The van der Waals surface area contributed by atoms with E-state index in [0.29, 0.717) is 25.0 Å². The van der Waals surface area contributed by atoms with Crippen LogP contribution in [0.3, 0.4) is 0 Å². The number of benzene rings is 6. The fraction of sp³-hybridized carbons (Fsp3) is 0.439. The minimum atomic E-state index is 0.665. The van der Waals surface area contributed by atoms with E-state index in [-0.39, 0.29) is 0 Å². The molecule has 0 unspecified atom stereocenters. The predicted octanol–water partition coefficient (Wildman–Crippen LogP) is 16.9. The topological polar surface area (TPSA) is 18.5 Å². The summed E-state index contributed by atoms with van der Waals surface area (Å²) in [7, 11) is 0. The van der Waals surface area contributed by atoms with E-state index in [9.17, 15) is 0 Å². The summed E-state index contributed by atoms with van der Waals surface area (Å²) in [6, 6.07) is 41.9. The van der Waals surface area contributed by atoms with E-state index >= 15 is 0 Å². The van der Waals surface area contributed by atoms with Crippen LogP contribution in [0, 0.1) is 11.8 Å². The monoisotopic (exact) mass is 783 g/mol. The van der Waals surface area contributed by atoms with Crippen LogP contribution < -0.4 is 9.47 Å². The Bertz CT molecular complexity index is 2140. The van der Waals surface area contributed by atoms with Gasteiger partial charge in [0, 0.05) is 22.3 Å². The molecular formula is C57H66O2. The Labute approximate surface area is 354 Å². The summed E-state index contributed by atoms with van der Waals surface area (Å²) in [5.41, 5.74) is 10.1. The zero-order valence-corrected chi connectivity index (χ0v) is 36.0. The van der Waals surface area contributed by atoms with Crippen LogP contribution in [0.1, 0.15) is 146 Å². The number of hydrogen-bond donors (Lipinski definition) is 0. The zero-order valence-electron chi connectivity index (χ0n) is 36.0. The second-order valence-corrected chi connectivity index (χ2v) is 18.4. The molecule has 1 aliphatic heterocycles. The van der Waals surface area contributed by atoms with Crippen molar-refractivity contribution < 1.29 is 9.47 Å². The van der Waals surface area contributed by atoms with Crippen LogP contribution in [0.2, 0.25) is 0 Å². The molecule has 0 bridgehead atoms. The van der Waals surface area contributed by atoms with E-state index in [4.69, 9.17) is 9.47 Å². The molecule has 2 nitrogen and oxygen atoms in total. The second-order valence-electron chi connectivity index (χ2n) is 18.4. The van der Waals surface area contributed by atoms with Gasteiger partial charge in [0.25, 0.3) is 0 Å². The molecule has 2 saturated carbocycles. The maximum Gasteiger partial charge on any atom is 0.135 e. The molecule has 6 aromatic rings. The third kappa shape index (κ3) is 8.71. The van der Waals surface area contributed by atoms with Crippen molar-refractivity contribution in [2.75, 3.05) is 13.2 Å². The van der Waals surface area contributed by atoms with Crippen LogP contribution in [-0.4, -0.2) is 13.2 Å². The van der Waals surface area contributed by atoms with Crippen molar-refractivity contribution in [2.45, 2.75) is 135 Å². The predicted molar refractivity (Wildman–Crippen MR) is 251 cm³/mol. The molecule has 9 rings (SSSR count). The first-order valence-electron chi connectivity index (χ1n) is 23.8. The Morgan fingerprint density at radius 3 is 1.24 bits per heavy atom. The SMILES string of the molecule is CCCC1CCC(c2ccc(-c3cc4ccccc4c4c3OCCCCCCCOc3c(-c5ccc(C6CCC(CCC)CC6)cc5)cc5ccccc5c3-4)cc2)CC1. The fourth-order valence-corrected chi connectivity index (χ4v) is 11.2. The molecule has 3 aliphatic rings. The van der Waals surface area contributed by atoms with Gasteiger partial charge in [-0.15, -0.1) is 0 Å². The first kappa shape index (κ1) is 39.9. The normalized spacial score (nSPS) is 21.6. The Morgan fingerprint density at radius 2 is 0.831 bits per heavy atom. The molecule has 2 fully saturated rings. The van der Waals surface area contributed by atoms with E-state index in [1.54, 1.807) is 0 Å². The molecule has 0 atom stereocenters. The van der Waals surface area contributed by atoms with Gasteiger partial charge in [0.1, 0.15) is 11.5 Å². The molecule has 2 heteroatoms. The molecule has 59 heavy (non-hydrogen) atoms. The van der Waals surface area contributed by atoms with E-state index in [1.165, 1.54) is 151 Å². The summed E-state index contributed by atoms with van der Waals surface area (Å²) >= 11 is 0. The highest BCUT2D eigenvalue weighted by Gasteiger charge is 2.28. The summed E-state index contributed by atoms with van der Waals surface area (Å²) in [5, 5.41) is 4.88. The lowest BCUT2D eigenvalue weighted by Gasteiger charge is -2.29. The standard InChI is InChI=1S/C57H66O2/c1-3-14-40-20-24-42(25-21-40)44-28-32-46(33-29-44)52-38-48-16-8-10-18-50(48)54-55-51-19-11-9-17-49(51)39-53(57(55)59-37-13-7-5-6-12-36-58-56(52)54)47-34-30-45(31-35-47)43-26-22-41(15-4-2)23-27-43/h8-11,16-19,28-35,38-43H,3-7,12-15,20-27,36-37H2,1-2H3. The smallest absolute Gasteiger partial charge is 0.135 e. The van der Waals surface area contributed by atoms with Crippen LogP contribution in [0.25, 0.3) is 54.9 Å². The lowest BCUT2D eigenvalue weighted by molar-refractivity contribution is 0.299. The molecule has 306 valence electrons. The highest BCUT2D eigenvalue weighted by Crippen LogP contribution is 2.53. The summed E-state index contributed by atoms with van der Waals surface area (Å²) in [6.45, 7) is 6.07. The van der Waals surface area contributed by atoms with Gasteiger partial charge in [-0.05, 0) is 144 Å². The molecule has 0 radical (unpaired) electrons. The van der Waals surface area contributed by atoms with Crippen LogP contribution in [0.4, 0.5) is 0 Å². The molecule has 1 heterocycles. The van der Waals surface area contributed by atoms with Crippen molar-refractivity contribution in [3.63, 3.8) is 0 Å². The van der Waals surface area contributed by atoms with Crippen molar-refractivity contribution >= 4 is 21.5 Å². The lowest BCUT2D eigenvalue weighted by Crippen LogP contribution is -2.13. The molecule has 0 spiro atoms. The Balaban J connectivity index is 1.19. The van der Waals surface area contributed by atoms with Gasteiger partial charge < -0.3 is 9.47 Å². The zero-order chi connectivity index (χ0) is 40.0. The first-order chi connectivity index (χ1) is 29.2. The second kappa shape index (κ2) is 18.8. The number of rotatable bonds is 8. The largest absolute Gasteiger partial charge is 0.492 e. The van der Waals surface area contributed by atoms with Crippen LogP contribution in [0.15, 0.2) is 109 Å². The van der Waals surface area contributed by atoms with Gasteiger partial charge in [-0.1, -0.05) is 156 Å². The van der Waals surface area contributed by atoms with Gasteiger partial charge in [0.05, 0.1) is 13.2 Å². The fourth-order valence-electron chi connectivity index (χ4n) is 11.2. The van der Waals surface area contributed by atoms with E-state index in [0.717, 1.165) is 47.3 Å². The number of hydrogen-bond acceptors (Lipinski definition) is 2. The first-order valence-corrected chi connectivity index (χ1v) is 23.8. The van der Waals surface area contributed by atoms with Crippen molar-refractivity contribution in [3.8, 4) is 44.9 Å². The van der Waals surface area contributed by atoms with Crippen molar-refractivity contribution in [1.82, 2.24) is 0 Å². The molecule has 0 saturated heterocycles. The van der Waals surface area contributed by atoms with Crippen LogP contribution in [-0.2, 0) is 0 Å². The van der Waals surface area contributed by atoms with E-state index < -0.39 is 0 Å². The molecule has 0 N–H and O–H groups in total. The summed E-state index contributed by atoms with van der Waals surface area (Å²) in [5.74, 6) is 5.13. The summed E-state index contributed by atoms with van der Waals surface area (Å²) in [6.07, 6.45) is 21.7. The minimum Gasteiger partial charge on any atom is -0.492 e. The van der Waals surface area contributed by atoms with Crippen molar-refractivity contribution in [2.24, 2.45) is 11.8 Å². The highest BCUT2D eigenvalue weighted by molar-refractivity contribution is 6.14. The van der Waals surface area contributed by atoms with Gasteiger partial charge in [0.15, 0.2) is 0 Å². The average molecular weight is 783 g/mol. The Morgan fingerprint density at radius 1 is 0.441 bits per heavy atom. The van der Waals surface area contributed by atoms with Gasteiger partial charge in [-0.2, -0.15) is 0 Å². The maximum atomic E-state index is 7.18. The molecule has 2 aliphatic carbocycles. The molecule has 0 amide bonds. The highest BCUT2D eigenvalue weighted by atomic mass is 16.5. The number of ether oxygens (including phenoxy) is 2. The average Bonchev–Trinajstić information content (AvgIpc) is 3.30. The van der Waals surface area contributed by atoms with Gasteiger partial charge in [-0.25, -0.2) is 0 Å². The quantitative estimate of drug-likeness (QED) is 0.153. The minimum absolute atomic E-state index is 0.665. The van der Waals surface area contributed by atoms with Gasteiger partial charge in [-0.3, -0.25) is 0 Å². The van der Waals surface area contributed by atoms with Crippen LogP contribution in [0.5, 0.6) is 11.5 Å². The Kier molecular flexibility index (Phi) is 12.7. The van der Waals surface area contributed by atoms with Crippen molar-refractivity contribution in [1.29, 1.82) is 0 Å². The van der Waals surface area contributed by atoms with Gasteiger partial charge in [0.2, 0.25) is 0 Å². The number of fused-ring (bicyclic) bond motifs is 7. The maximum absolute atomic E-state index is 7.18. The molecule has 6 aromatic carbocycles. The van der Waals surface area contributed by atoms with Crippen LogP contribution >= 0.6 is 0 Å². The van der Waals surface area contributed by atoms with E-state index in [2.05, 4.69) is 123 Å². The van der Waals surface area contributed by atoms with E-state index in [1.807, 2.05) is 0 Å². The third-order valence-corrected chi connectivity index (χ3v) is 14.5. The summed E-state index contributed by atoms with van der Waals surface area (Å²) < 4.78 is 14.4. The lowest BCUT2D eigenvalue weighted by atomic mass is 9.77. The third-order valence-electron chi connectivity index (χ3n) is 14.5.